The van der Waals surface area contributed by atoms with Gasteiger partial charge in [-0.2, -0.15) is 0 Å². The largest absolute Gasteiger partial charge is 0.487 e. The van der Waals surface area contributed by atoms with Crippen molar-refractivity contribution in [2.45, 2.75) is 38.2 Å². The fraction of sp³-hybridized carbons (Fsp3) is 0.500. The number of benzene rings is 1. The Morgan fingerprint density at radius 1 is 1.29 bits per heavy atom. The highest BCUT2D eigenvalue weighted by Crippen LogP contribution is 2.27. The van der Waals surface area contributed by atoms with Crippen LogP contribution in [0.2, 0.25) is 0 Å². The molecule has 0 saturated heterocycles. The summed E-state index contributed by atoms with van der Waals surface area (Å²) in [7, 11) is 0. The number of ether oxygens (including phenoxy) is 1. The van der Waals surface area contributed by atoms with E-state index in [1.807, 2.05) is 0 Å². The van der Waals surface area contributed by atoms with E-state index in [9.17, 15) is 14.5 Å². The maximum Gasteiger partial charge on any atom is 0.272 e. The van der Waals surface area contributed by atoms with E-state index in [2.05, 4.69) is 0 Å². The molecule has 0 heterocycles. The van der Waals surface area contributed by atoms with Gasteiger partial charge in [0.05, 0.1) is 17.1 Å². The van der Waals surface area contributed by atoms with Crippen LogP contribution in [0.25, 0.3) is 0 Å². The predicted octanol–water partition coefficient (Wildman–Crippen LogP) is 3.45. The molecule has 1 aromatic carbocycles. The quantitative estimate of drug-likeness (QED) is 0.599. The third-order valence-corrected chi connectivity index (χ3v) is 2.97. The predicted molar refractivity (Wildman–Crippen MR) is 60.6 cm³/mol. The van der Waals surface area contributed by atoms with E-state index in [4.69, 9.17) is 4.74 Å². The molecule has 5 heteroatoms. The molecule has 1 fully saturated rings. The molecule has 0 unspecified atom stereocenters. The van der Waals surface area contributed by atoms with E-state index < -0.39 is 10.7 Å². The maximum atomic E-state index is 13.5. The number of rotatable bonds is 3. The molecule has 2 rings (SSSR count). The van der Waals surface area contributed by atoms with E-state index in [0.717, 1.165) is 31.7 Å². The van der Waals surface area contributed by atoms with Crippen LogP contribution in [0.3, 0.4) is 0 Å². The second-order valence-electron chi connectivity index (χ2n) is 4.25. The molecule has 1 aliphatic carbocycles. The third kappa shape index (κ3) is 2.93. The number of nitro groups is 1. The van der Waals surface area contributed by atoms with Gasteiger partial charge >= 0.3 is 0 Å². The summed E-state index contributed by atoms with van der Waals surface area (Å²) >= 11 is 0. The average molecular weight is 239 g/mol. The zero-order valence-corrected chi connectivity index (χ0v) is 9.39. The zero-order chi connectivity index (χ0) is 12.3. The summed E-state index contributed by atoms with van der Waals surface area (Å²) in [5, 5.41) is 10.5. The Balaban J connectivity index is 2.08. The Labute approximate surface area is 98.5 Å². The van der Waals surface area contributed by atoms with Gasteiger partial charge in [0.1, 0.15) is 0 Å². The first kappa shape index (κ1) is 11.8. The van der Waals surface area contributed by atoms with Crippen molar-refractivity contribution in [3.63, 3.8) is 0 Å². The molecule has 1 aliphatic rings. The normalized spacial score (nSPS) is 16.8. The van der Waals surface area contributed by atoms with Gasteiger partial charge in [-0.15, -0.1) is 0 Å². The lowest BCUT2D eigenvalue weighted by molar-refractivity contribution is -0.385. The minimum Gasteiger partial charge on any atom is -0.487 e. The van der Waals surface area contributed by atoms with Gasteiger partial charge < -0.3 is 4.74 Å². The van der Waals surface area contributed by atoms with E-state index in [0.29, 0.717) is 0 Å². The molecule has 1 saturated carbocycles. The van der Waals surface area contributed by atoms with Gasteiger partial charge in [-0.25, -0.2) is 4.39 Å². The van der Waals surface area contributed by atoms with E-state index in [1.54, 1.807) is 0 Å². The maximum absolute atomic E-state index is 13.5. The van der Waals surface area contributed by atoms with Gasteiger partial charge in [0.25, 0.3) is 5.69 Å². The molecular weight excluding hydrogens is 225 g/mol. The molecule has 17 heavy (non-hydrogen) atoms. The van der Waals surface area contributed by atoms with Crippen LogP contribution in [0, 0.1) is 15.9 Å². The van der Waals surface area contributed by atoms with Crippen molar-refractivity contribution in [1.82, 2.24) is 0 Å². The lowest BCUT2D eigenvalue weighted by atomic mass is 9.98. The lowest BCUT2D eigenvalue weighted by Gasteiger charge is -2.23. The minimum atomic E-state index is -0.662. The van der Waals surface area contributed by atoms with Crippen molar-refractivity contribution in [2.75, 3.05) is 0 Å². The van der Waals surface area contributed by atoms with Crippen molar-refractivity contribution in [3.05, 3.63) is 34.1 Å². The Hall–Kier alpha value is -1.65. The van der Waals surface area contributed by atoms with E-state index in [-0.39, 0.29) is 17.5 Å². The topological polar surface area (TPSA) is 52.4 Å². The molecular formula is C12H14FNO3. The highest BCUT2D eigenvalue weighted by Gasteiger charge is 2.18. The molecule has 4 nitrogen and oxygen atoms in total. The summed E-state index contributed by atoms with van der Waals surface area (Å²) in [5.41, 5.74) is -0.251. The summed E-state index contributed by atoms with van der Waals surface area (Å²) < 4.78 is 19.1. The van der Waals surface area contributed by atoms with Crippen LogP contribution in [0.5, 0.6) is 5.75 Å². The molecule has 0 spiro atoms. The standard InChI is InChI=1S/C12H14FNO3/c13-11-8-9(14(15)16)6-7-12(11)17-10-4-2-1-3-5-10/h6-8,10H,1-5H2. The lowest BCUT2D eigenvalue weighted by Crippen LogP contribution is -2.20. The van der Waals surface area contributed by atoms with E-state index in [1.165, 1.54) is 18.6 Å². The second-order valence-corrected chi connectivity index (χ2v) is 4.25. The zero-order valence-electron chi connectivity index (χ0n) is 9.39. The van der Waals surface area contributed by atoms with Crippen molar-refractivity contribution in [1.29, 1.82) is 0 Å². The molecule has 1 aromatic rings. The van der Waals surface area contributed by atoms with E-state index >= 15 is 0 Å². The Morgan fingerprint density at radius 3 is 2.59 bits per heavy atom. The number of nitro benzene ring substituents is 1. The number of hydrogen-bond donors (Lipinski definition) is 0. The molecule has 92 valence electrons. The molecule has 0 atom stereocenters. The minimum absolute atomic E-state index is 0.0414. The molecule has 0 radical (unpaired) electrons. The van der Waals surface area contributed by atoms with Gasteiger partial charge in [0.15, 0.2) is 11.6 Å². The van der Waals surface area contributed by atoms with Crippen LogP contribution >= 0.6 is 0 Å². The fourth-order valence-electron chi connectivity index (χ4n) is 2.06. The van der Waals surface area contributed by atoms with Crippen molar-refractivity contribution >= 4 is 5.69 Å². The van der Waals surface area contributed by atoms with Crippen LogP contribution in [-0.4, -0.2) is 11.0 Å². The second kappa shape index (κ2) is 5.12. The first-order chi connectivity index (χ1) is 8.16. The Bertz CT molecular complexity index is 416. The van der Waals surface area contributed by atoms with Gasteiger partial charge in [0.2, 0.25) is 0 Å². The molecule has 0 amide bonds. The van der Waals surface area contributed by atoms with Crippen LogP contribution in [0.15, 0.2) is 18.2 Å². The van der Waals surface area contributed by atoms with Crippen LogP contribution in [-0.2, 0) is 0 Å². The fourth-order valence-corrected chi connectivity index (χ4v) is 2.06. The summed E-state index contributed by atoms with van der Waals surface area (Å²) in [6.45, 7) is 0. The highest BCUT2D eigenvalue weighted by atomic mass is 19.1. The van der Waals surface area contributed by atoms with Gasteiger partial charge in [-0.05, 0) is 31.7 Å². The van der Waals surface area contributed by atoms with Crippen LogP contribution < -0.4 is 4.74 Å². The number of halogens is 1. The smallest absolute Gasteiger partial charge is 0.272 e. The van der Waals surface area contributed by atoms with Crippen molar-refractivity contribution in [3.8, 4) is 5.75 Å². The van der Waals surface area contributed by atoms with Crippen LogP contribution in [0.4, 0.5) is 10.1 Å². The average Bonchev–Trinajstić information content (AvgIpc) is 2.33. The third-order valence-electron chi connectivity index (χ3n) is 2.97. The summed E-state index contributed by atoms with van der Waals surface area (Å²) in [6.07, 6.45) is 5.29. The molecule has 0 aromatic heterocycles. The first-order valence-corrected chi connectivity index (χ1v) is 5.77. The number of non-ortho nitro benzene ring substituents is 1. The van der Waals surface area contributed by atoms with Gasteiger partial charge in [-0.1, -0.05) is 6.42 Å². The molecule has 0 N–H and O–H groups in total. The monoisotopic (exact) mass is 239 g/mol. The van der Waals surface area contributed by atoms with Gasteiger partial charge in [0, 0.05) is 6.07 Å². The number of nitrogens with zero attached hydrogens (tertiary/aromatic N) is 1. The summed E-state index contributed by atoms with van der Waals surface area (Å²) in [5.74, 6) is -0.549. The Kier molecular flexibility index (Phi) is 3.56. The Morgan fingerprint density at radius 2 is 2.00 bits per heavy atom. The van der Waals surface area contributed by atoms with Crippen LogP contribution in [0.1, 0.15) is 32.1 Å². The summed E-state index contributed by atoms with van der Waals surface area (Å²) in [4.78, 5) is 9.83. The SMILES string of the molecule is O=[N+]([O-])c1ccc(OC2CCCCC2)c(F)c1. The van der Waals surface area contributed by atoms with Gasteiger partial charge in [-0.3, -0.25) is 10.1 Å². The highest BCUT2D eigenvalue weighted by molar-refractivity contribution is 5.37. The first-order valence-electron chi connectivity index (χ1n) is 5.77. The number of hydrogen-bond acceptors (Lipinski definition) is 3. The summed E-state index contributed by atoms with van der Waals surface area (Å²) in [6, 6.07) is 3.50. The van der Waals surface area contributed by atoms with Crippen molar-refractivity contribution in [2.24, 2.45) is 0 Å². The van der Waals surface area contributed by atoms with Crippen molar-refractivity contribution < 1.29 is 14.1 Å². The molecule has 0 bridgehead atoms. The molecule has 0 aliphatic heterocycles.